The summed E-state index contributed by atoms with van der Waals surface area (Å²) in [5.74, 6) is 1.18. The van der Waals surface area contributed by atoms with Crippen LogP contribution in [0.1, 0.15) is 38.4 Å². The van der Waals surface area contributed by atoms with Gasteiger partial charge in [-0.2, -0.15) is 4.98 Å². The molecule has 4 heteroatoms. The normalized spacial score (nSPS) is 10.3. The highest BCUT2D eigenvalue weighted by molar-refractivity contribution is 5.77. The Morgan fingerprint density at radius 3 is 2.92 bits per heavy atom. The van der Waals surface area contributed by atoms with E-state index in [2.05, 4.69) is 17.1 Å². The number of aromatic nitrogens is 2. The molecular weight excluding hydrogens is 168 g/mol. The summed E-state index contributed by atoms with van der Waals surface area (Å²) >= 11 is 0. The summed E-state index contributed by atoms with van der Waals surface area (Å²) in [5, 5.41) is 3.77. The van der Waals surface area contributed by atoms with E-state index in [0.29, 0.717) is 11.7 Å². The highest BCUT2D eigenvalue weighted by Crippen LogP contribution is 2.02. The van der Waals surface area contributed by atoms with E-state index >= 15 is 0 Å². The summed E-state index contributed by atoms with van der Waals surface area (Å²) in [5.41, 5.74) is 0. The van der Waals surface area contributed by atoms with Crippen LogP contribution < -0.4 is 0 Å². The summed E-state index contributed by atoms with van der Waals surface area (Å²) < 4.78 is 4.89. The average Bonchev–Trinajstić information content (AvgIpc) is 2.48. The molecule has 1 aromatic rings. The van der Waals surface area contributed by atoms with Crippen molar-refractivity contribution in [2.75, 3.05) is 0 Å². The predicted octanol–water partition coefficient (Wildman–Crippen LogP) is 1.54. The molecule has 0 saturated carbocycles. The van der Waals surface area contributed by atoms with Crippen molar-refractivity contribution in [1.82, 2.24) is 10.1 Å². The average molecular weight is 182 g/mol. The van der Waals surface area contributed by atoms with Gasteiger partial charge >= 0.3 is 0 Å². The number of hydrogen-bond acceptors (Lipinski definition) is 4. The molecule has 0 aliphatic rings. The van der Waals surface area contributed by atoms with Crippen LogP contribution in [0.3, 0.4) is 0 Å². The Morgan fingerprint density at radius 1 is 1.54 bits per heavy atom. The topological polar surface area (TPSA) is 56.0 Å². The lowest BCUT2D eigenvalue weighted by atomic mass is 10.2. The minimum absolute atomic E-state index is 0.0469. The van der Waals surface area contributed by atoms with Crippen molar-refractivity contribution < 1.29 is 9.32 Å². The molecule has 0 bridgehead atoms. The summed E-state index contributed by atoms with van der Waals surface area (Å²) in [7, 11) is 0. The maximum absolute atomic E-state index is 10.7. The van der Waals surface area contributed by atoms with Crippen LogP contribution in [0.25, 0.3) is 0 Å². The number of unbranched alkanes of at least 4 members (excludes halogenated alkanes) is 1. The van der Waals surface area contributed by atoms with Crippen LogP contribution in [0, 0.1) is 0 Å². The van der Waals surface area contributed by atoms with Gasteiger partial charge in [-0.15, -0.1) is 0 Å². The molecule has 0 spiro atoms. The van der Waals surface area contributed by atoms with Crippen molar-refractivity contribution in [3.63, 3.8) is 0 Å². The summed E-state index contributed by atoms with van der Waals surface area (Å²) in [6, 6.07) is 0. The van der Waals surface area contributed by atoms with E-state index in [9.17, 15) is 4.79 Å². The van der Waals surface area contributed by atoms with Gasteiger partial charge < -0.3 is 4.52 Å². The van der Waals surface area contributed by atoms with Crippen LogP contribution in [0.2, 0.25) is 0 Å². The minimum atomic E-state index is 0.0469. The van der Waals surface area contributed by atoms with Crippen LogP contribution in [0.15, 0.2) is 4.52 Å². The van der Waals surface area contributed by atoms with Gasteiger partial charge in [0.1, 0.15) is 5.78 Å². The molecule has 0 radical (unpaired) electrons. The van der Waals surface area contributed by atoms with Crippen molar-refractivity contribution in [1.29, 1.82) is 0 Å². The molecule has 13 heavy (non-hydrogen) atoms. The second-order valence-electron chi connectivity index (χ2n) is 3.09. The Morgan fingerprint density at radius 2 is 2.31 bits per heavy atom. The highest BCUT2D eigenvalue weighted by atomic mass is 16.5. The molecule has 0 saturated heterocycles. The molecule has 1 aromatic heterocycles. The number of hydrogen-bond donors (Lipinski definition) is 0. The van der Waals surface area contributed by atoms with Gasteiger partial charge in [-0.05, 0) is 13.3 Å². The maximum atomic E-state index is 10.7. The smallest absolute Gasteiger partial charge is 0.234 e. The zero-order chi connectivity index (χ0) is 9.68. The Kier molecular flexibility index (Phi) is 3.61. The molecule has 0 aliphatic carbocycles. The SMILES string of the molecule is CCCCc1noc(CC(C)=O)n1. The third-order valence-corrected chi connectivity index (χ3v) is 1.66. The number of carbonyl (C=O) groups is 1. The quantitative estimate of drug-likeness (QED) is 0.693. The molecule has 0 aromatic carbocycles. The van der Waals surface area contributed by atoms with E-state index in [1.807, 2.05) is 0 Å². The number of rotatable bonds is 5. The monoisotopic (exact) mass is 182 g/mol. The van der Waals surface area contributed by atoms with Gasteiger partial charge in [-0.25, -0.2) is 0 Å². The first-order valence-electron chi connectivity index (χ1n) is 4.53. The van der Waals surface area contributed by atoms with Crippen molar-refractivity contribution in [3.05, 3.63) is 11.7 Å². The molecule has 0 atom stereocenters. The lowest BCUT2D eigenvalue weighted by Crippen LogP contribution is -1.96. The lowest BCUT2D eigenvalue weighted by Gasteiger charge is -1.87. The summed E-state index contributed by atoms with van der Waals surface area (Å²) in [4.78, 5) is 14.8. The molecule has 0 unspecified atom stereocenters. The largest absolute Gasteiger partial charge is 0.339 e. The standard InChI is InChI=1S/C9H14N2O2/c1-3-4-5-8-10-9(13-11-8)6-7(2)12/h3-6H2,1-2H3. The Bertz CT molecular complexity index is 281. The molecule has 0 amide bonds. The highest BCUT2D eigenvalue weighted by Gasteiger charge is 2.07. The second-order valence-corrected chi connectivity index (χ2v) is 3.09. The molecule has 0 aliphatic heterocycles. The molecule has 72 valence electrons. The third-order valence-electron chi connectivity index (χ3n) is 1.66. The fourth-order valence-electron chi connectivity index (χ4n) is 1.01. The lowest BCUT2D eigenvalue weighted by molar-refractivity contribution is -0.116. The van der Waals surface area contributed by atoms with Gasteiger partial charge in [0.2, 0.25) is 5.89 Å². The van der Waals surface area contributed by atoms with Gasteiger partial charge in [-0.3, -0.25) is 4.79 Å². The van der Waals surface area contributed by atoms with Crippen molar-refractivity contribution in [3.8, 4) is 0 Å². The van der Waals surface area contributed by atoms with Crippen LogP contribution in [0.4, 0.5) is 0 Å². The van der Waals surface area contributed by atoms with E-state index in [4.69, 9.17) is 4.52 Å². The number of carbonyl (C=O) groups excluding carboxylic acids is 1. The van der Waals surface area contributed by atoms with Crippen molar-refractivity contribution in [2.45, 2.75) is 39.5 Å². The molecule has 4 nitrogen and oxygen atoms in total. The zero-order valence-electron chi connectivity index (χ0n) is 8.04. The molecule has 0 N–H and O–H groups in total. The van der Waals surface area contributed by atoms with E-state index < -0.39 is 0 Å². The predicted molar refractivity (Wildman–Crippen MR) is 47.3 cm³/mol. The van der Waals surface area contributed by atoms with Crippen molar-refractivity contribution >= 4 is 5.78 Å². The summed E-state index contributed by atoms with van der Waals surface area (Å²) in [6.07, 6.45) is 3.24. The van der Waals surface area contributed by atoms with Crippen LogP contribution in [-0.4, -0.2) is 15.9 Å². The first kappa shape index (κ1) is 9.89. The molecular formula is C9H14N2O2. The second kappa shape index (κ2) is 4.74. The zero-order valence-corrected chi connectivity index (χ0v) is 8.04. The molecule has 1 rings (SSSR count). The van der Waals surface area contributed by atoms with Gasteiger partial charge in [-0.1, -0.05) is 18.5 Å². The van der Waals surface area contributed by atoms with Gasteiger partial charge in [0, 0.05) is 6.42 Å². The minimum Gasteiger partial charge on any atom is -0.339 e. The first-order chi connectivity index (χ1) is 6.22. The first-order valence-corrected chi connectivity index (χ1v) is 4.53. The van der Waals surface area contributed by atoms with Gasteiger partial charge in [0.25, 0.3) is 0 Å². The molecule has 1 heterocycles. The van der Waals surface area contributed by atoms with Gasteiger partial charge in [0.15, 0.2) is 5.82 Å². The number of Topliss-reactive ketones (excluding diaryl/α,β-unsaturated/α-hetero) is 1. The number of nitrogens with zero attached hydrogens (tertiary/aromatic N) is 2. The van der Waals surface area contributed by atoms with Crippen LogP contribution >= 0.6 is 0 Å². The Hall–Kier alpha value is -1.19. The number of ketones is 1. The van der Waals surface area contributed by atoms with E-state index in [0.717, 1.165) is 19.3 Å². The van der Waals surface area contributed by atoms with Gasteiger partial charge in [0.05, 0.1) is 6.42 Å². The maximum Gasteiger partial charge on any atom is 0.234 e. The fourth-order valence-corrected chi connectivity index (χ4v) is 1.01. The fraction of sp³-hybridized carbons (Fsp3) is 0.667. The molecule has 0 fully saturated rings. The van der Waals surface area contributed by atoms with E-state index in [1.165, 1.54) is 6.92 Å². The van der Waals surface area contributed by atoms with E-state index in [-0.39, 0.29) is 12.2 Å². The van der Waals surface area contributed by atoms with Crippen LogP contribution in [-0.2, 0) is 17.6 Å². The number of aryl methyl sites for hydroxylation is 1. The third kappa shape index (κ3) is 3.36. The Balaban J connectivity index is 2.48. The van der Waals surface area contributed by atoms with Crippen molar-refractivity contribution in [2.24, 2.45) is 0 Å². The van der Waals surface area contributed by atoms with E-state index in [1.54, 1.807) is 0 Å². The summed E-state index contributed by atoms with van der Waals surface area (Å²) in [6.45, 7) is 3.62. The Labute approximate surface area is 77.3 Å². The van der Waals surface area contributed by atoms with Crippen LogP contribution in [0.5, 0.6) is 0 Å².